The molecule has 240 valence electrons. The number of benzene rings is 5. The minimum Gasteiger partial charge on any atom is -0.462 e. The van der Waals surface area contributed by atoms with Gasteiger partial charge in [0.2, 0.25) is 0 Å². The van der Waals surface area contributed by atoms with E-state index in [1.54, 1.807) is 25.3 Å². The fourth-order valence-electron chi connectivity index (χ4n) is 6.36. The number of aromatic nitrogens is 3. The van der Waals surface area contributed by atoms with E-state index in [1.165, 1.54) is 6.07 Å². The van der Waals surface area contributed by atoms with Gasteiger partial charge in [0.15, 0.2) is 0 Å². The normalized spacial score (nSPS) is 11.3. The number of esters is 1. The van der Waals surface area contributed by atoms with Gasteiger partial charge < -0.3 is 10.1 Å². The van der Waals surface area contributed by atoms with Crippen LogP contribution in [0.3, 0.4) is 0 Å². The monoisotopic (exact) mass is 645 g/mol. The second kappa shape index (κ2) is 13.2. The lowest BCUT2D eigenvalue weighted by atomic mass is 9.77. The second-order valence-electron chi connectivity index (χ2n) is 11.4. The summed E-state index contributed by atoms with van der Waals surface area (Å²) < 4.78 is 7.08. The number of rotatable bonds is 10. The number of nitrogens with zero attached hydrogens (tertiary/aromatic N) is 4. The van der Waals surface area contributed by atoms with Crippen molar-refractivity contribution in [3.05, 3.63) is 184 Å². The van der Waals surface area contributed by atoms with Crippen molar-refractivity contribution in [3.63, 3.8) is 0 Å². The van der Waals surface area contributed by atoms with Crippen LogP contribution in [0.2, 0.25) is 0 Å². The van der Waals surface area contributed by atoms with E-state index in [9.17, 15) is 14.9 Å². The number of nitrogens with one attached hydrogen (secondary N) is 1. The Morgan fingerprint density at radius 2 is 1.39 bits per heavy atom. The van der Waals surface area contributed by atoms with E-state index in [2.05, 4.69) is 41.7 Å². The first-order valence-electron chi connectivity index (χ1n) is 15.8. The Bertz CT molecular complexity index is 2170. The topological polar surface area (TPSA) is 112 Å². The lowest BCUT2D eigenvalue weighted by Gasteiger charge is -2.36. The SMILES string of the molecule is CCOC(=O)c1cccc(Nc2cc(-c3cnn(C(c4ccccc4)(c4ccccc4)c4ccccc4)c3)nc3ccccc23)c1[N+](=O)[O-]. The maximum atomic E-state index is 12.6. The molecule has 0 aliphatic rings. The van der Waals surface area contributed by atoms with Crippen molar-refractivity contribution >= 4 is 33.9 Å². The zero-order valence-corrected chi connectivity index (χ0v) is 26.6. The molecule has 2 aromatic heterocycles. The maximum Gasteiger partial charge on any atom is 0.345 e. The molecule has 7 aromatic rings. The number of ether oxygens (including phenoxy) is 1. The van der Waals surface area contributed by atoms with Gasteiger partial charge in [0.1, 0.15) is 16.8 Å². The highest BCUT2D eigenvalue weighted by molar-refractivity contribution is 6.00. The number of nitro groups is 1. The third kappa shape index (κ3) is 5.67. The van der Waals surface area contributed by atoms with Crippen molar-refractivity contribution in [1.82, 2.24) is 14.8 Å². The van der Waals surface area contributed by atoms with E-state index in [1.807, 2.05) is 95.8 Å². The molecule has 0 amide bonds. The molecule has 0 unspecified atom stereocenters. The van der Waals surface area contributed by atoms with Crippen LogP contribution in [0, 0.1) is 10.1 Å². The van der Waals surface area contributed by atoms with Crippen LogP contribution in [-0.4, -0.2) is 32.3 Å². The first-order valence-corrected chi connectivity index (χ1v) is 15.8. The molecule has 0 spiro atoms. The second-order valence-corrected chi connectivity index (χ2v) is 11.4. The molecule has 49 heavy (non-hydrogen) atoms. The van der Waals surface area contributed by atoms with Crippen molar-refractivity contribution in [2.24, 2.45) is 0 Å². The molecule has 0 radical (unpaired) electrons. The average Bonchev–Trinajstić information content (AvgIpc) is 3.64. The van der Waals surface area contributed by atoms with Gasteiger partial charge in [-0.05, 0) is 47.9 Å². The van der Waals surface area contributed by atoms with Crippen LogP contribution in [0.1, 0.15) is 34.0 Å². The molecule has 0 saturated heterocycles. The van der Waals surface area contributed by atoms with Gasteiger partial charge in [0.25, 0.3) is 0 Å². The summed E-state index contributed by atoms with van der Waals surface area (Å²) >= 11 is 0. The van der Waals surface area contributed by atoms with Crippen molar-refractivity contribution in [2.75, 3.05) is 11.9 Å². The predicted octanol–water partition coefficient (Wildman–Crippen LogP) is 8.77. The Morgan fingerprint density at radius 1 is 0.796 bits per heavy atom. The van der Waals surface area contributed by atoms with Crippen molar-refractivity contribution < 1.29 is 14.5 Å². The van der Waals surface area contributed by atoms with Crippen LogP contribution in [0.5, 0.6) is 0 Å². The molecule has 2 heterocycles. The van der Waals surface area contributed by atoms with E-state index in [0.29, 0.717) is 16.9 Å². The quantitative estimate of drug-likeness (QED) is 0.0685. The summed E-state index contributed by atoms with van der Waals surface area (Å²) in [6.07, 6.45) is 3.77. The number of pyridine rings is 1. The highest BCUT2D eigenvalue weighted by Crippen LogP contribution is 2.42. The van der Waals surface area contributed by atoms with Gasteiger partial charge in [0, 0.05) is 17.1 Å². The smallest absolute Gasteiger partial charge is 0.345 e. The van der Waals surface area contributed by atoms with Gasteiger partial charge in [-0.15, -0.1) is 0 Å². The Labute approximate surface area is 282 Å². The molecule has 0 bridgehead atoms. The highest BCUT2D eigenvalue weighted by Gasteiger charge is 2.39. The number of para-hydroxylation sites is 2. The molecular weight excluding hydrogens is 614 g/mol. The third-order valence-corrected chi connectivity index (χ3v) is 8.50. The fraction of sp³-hybridized carbons (Fsp3) is 0.0750. The van der Waals surface area contributed by atoms with Crippen molar-refractivity contribution in [1.29, 1.82) is 0 Å². The first-order chi connectivity index (χ1) is 24.0. The van der Waals surface area contributed by atoms with E-state index in [-0.39, 0.29) is 23.5 Å². The van der Waals surface area contributed by atoms with Gasteiger partial charge in [0.05, 0.1) is 34.6 Å². The standard InChI is InChI=1S/C40H31N5O4/c1-2-49-39(46)33-22-14-24-35(38(33)45(47)48)43-37-25-36(42-34-23-13-12-21-32(34)37)28-26-41-44(27-28)40(29-15-6-3-7-16-29,30-17-8-4-9-18-30)31-19-10-5-11-20-31/h3-27H,2H2,1H3,(H,42,43). The van der Waals surface area contributed by atoms with Gasteiger partial charge in [-0.3, -0.25) is 14.8 Å². The molecule has 7 rings (SSSR count). The summed E-state index contributed by atoms with van der Waals surface area (Å²) in [6, 6.07) is 44.7. The van der Waals surface area contributed by atoms with Gasteiger partial charge in [-0.2, -0.15) is 5.10 Å². The molecular formula is C40H31N5O4. The molecule has 1 N–H and O–H groups in total. The minimum atomic E-state index is -0.811. The fourth-order valence-corrected chi connectivity index (χ4v) is 6.36. The van der Waals surface area contributed by atoms with E-state index < -0.39 is 16.4 Å². The minimum absolute atomic E-state index is 0.0970. The third-order valence-electron chi connectivity index (χ3n) is 8.50. The molecule has 0 fully saturated rings. The zero-order chi connectivity index (χ0) is 33.8. The Hall–Kier alpha value is -6.61. The highest BCUT2D eigenvalue weighted by atomic mass is 16.6. The van der Waals surface area contributed by atoms with Crippen LogP contribution in [-0.2, 0) is 10.3 Å². The van der Waals surface area contributed by atoms with E-state index >= 15 is 0 Å². The maximum absolute atomic E-state index is 12.6. The van der Waals surface area contributed by atoms with Crippen LogP contribution < -0.4 is 5.32 Å². The first kappa shape index (κ1) is 31.0. The summed E-state index contributed by atoms with van der Waals surface area (Å²) in [4.78, 5) is 29.3. The summed E-state index contributed by atoms with van der Waals surface area (Å²) in [5, 5.41) is 21.3. The summed E-state index contributed by atoms with van der Waals surface area (Å²) in [5.41, 5.74) is 4.57. The number of carbonyl (C=O) groups is 1. The van der Waals surface area contributed by atoms with E-state index in [4.69, 9.17) is 14.8 Å². The summed E-state index contributed by atoms with van der Waals surface area (Å²) in [6.45, 7) is 1.75. The summed E-state index contributed by atoms with van der Waals surface area (Å²) in [7, 11) is 0. The Kier molecular flexibility index (Phi) is 8.39. The number of anilines is 2. The number of carbonyl (C=O) groups excluding carboxylic acids is 1. The lowest BCUT2D eigenvalue weighted by molar-refractivity contribution is -0.384. The average molecular weight is 646 g/mol. The van der Waals surface area contributed by atoms with Crippen LogP contribution in [0.4, 0.5) is 17.1 Å². The Balaban J connectivity index is 1.40. The number of hydrogen-bond donors (Lipinski definition) is 1. The van der Waals surface area contributed by atoms with Crippen molar-refractivity contribution in [3.8, 4) is 11.3 Å². The lowest BCUT2D eigenvalue weighted by Crippen LogP contribution is -2.38. The Morgan fingerprint density at radius 3 is 1.98 bits per heavy atom. The van der Waals surface area contributed by atoms with Gasteiger partial charge >= 0.3 is 11.7 Å². The van der Waals surface area contributed by atoms with Crippen LogP contribution >= 0.6 is 0 Å². The molecule has 0 atom stereocenters. The number of hydrogen-bond acceptors (Lipinski definition) is 7. The molecule has 0 aliphatic heterocycles. The van der Waals surface area contributed by atoms with Gasteiger partial charge in [-0.1, -0.05) is 115 Å². The molecule has 0 aliphatic carbocycles. The van der Waals surface area contributed by atoms with Crippen LogP contribution in [0.25, 0.3) is 22.2 Å². The van der Waals surface area contributed by atoms with Gasteiger partial charge in [-0.25, -0.2) is 9.78 Å². The predicted molar refractivity (Wildman–Crippen MR) is 190 cm³/mol. The zero-order valence-electron chi connectivity index (χ0n) is 26.6. The number of fused-ring (bicyclic) bond motifs is 1. The van der Waals surface area contributed by atoms with Crippen molar-refractivity contribution in [2.45, 2.75) is 12.5 Å². The van der Waals surface area contributed by atoms with Crippen LogP contribution in [0.15, 0.2) is 152 Å². The molecule has 9 heteroatoms. The largest absolute Gasteiger partial charge is 0.462 e. The van der Waals surface area contributed by atoms with E-state index in [0.717, 1.165) is 27.6 Å². The molecule has 9 nitrogen and oxygen atoms in total. The number of nitro benzene ring substituents is 1. The molecule has 0 saturated carbocycles. The summed E-state index contributed by atoms with van der Waals surface area (Å²) in [5.74, 6) is -0.760. The molecule has 5 aromatic carbocycles.